The fourth-order valence-electron chi connectivity index (χ4n) is 3.62. The third-order valence-corrected chi connectivity index (χ3v) is 5.06. The Bertz CT molecular complexity index is 974. The van der Waals surface area contributed by atoms with E-state index in [1.54, 1.807) is 6.07 Å². The van der Waals surface area contributed by atoms with Gasteiger partial charge in [0.05, 0.1) is 7.11 Å². The monoisotopic (exact) mass is 384 g/mol. The highest BCUT2D eigenvalue weighted by atomic mass is 19.3. The van der Waals surface area contributed by atoms with Crippen molar-refractivity contribution < 1.29 is 13.5 Å². The van der Waals surface area contributed by atoms with Crippen LogP contribution in [0.2, 0.25) is 0 Å². The lowest BCUT2D eigenvalue weighted by Crippen LogP contribution is -2.38. The SMILES string of the molecule is COc1cc(C(F)F)ccc1-c1nnc(NC2CCCNC2)c2ccccc12. The highest BCUT2D eigenvalue weighted by Crippen LogP contribution is 2.37. The highest BCUT2D eigenvalue weighted by molar-refractivity contribution is 6.01. The van der Waals surface area contributed by atoms with Crippen molar-refractivity contribution in [3.05, 3.63) is 48.0 Å². The van der Waals surface area contributed by atoms with Gasteiger partial charge in [-0.25, -0.2) is 8.78 Å². The summed E-state index contributed by atoms with van der Waals surface area (Å²) in [4.78, 5) is 0. The first-order valence-electron chi connectivity index (χ1n) is 9.36. The second-order valence-electron chi connectivity index (χ2n) is 6.89. The molecule has 1 fully saturated rings. The van der Waals surface area contributed by atoms with E-state index in [4.69, 9.17) is 4.74 Å². The van der Waals surface area contributed by atoms with Crippen LogP contribution in [-0.4, -0.2) is 36.4 Å². The number of aromatic nitrogens is 2. The maximum atomic E-state index is 13.0. The smallest absolute Gasteiger partial charge is 0.263 e. The van der Waals surface area contributed by atoms with Crippen LogP contribution in [0, 0.1) is 0 Å². The molecule has 28 heavy (non-hydrogen) atoms. The third kappa shape index (κ3) is 3.62. The van der Waals surface area contributed by atoms with Crippen molar-refractivity contribution in [2.75, 3.05) is 25.5 Å². The summed E-state index contributed by atoms with van der Waals surface area (Å²) in [6.07, 6.45) is -0.357. The van der Waals surface area contributed by atoms with E-state index in [0.717, 1.165) is 42.5 Å². The summed E-state index contributed by atoms with van der Waals surface area (Å²) in [5.74, 6) is 1.09. The van der Waals surface area contributed by atoms with Crippen LogP contribution in [0.1, 0.15) is 24.8 Å². The van der Waals surface area contributed by atoms with Crippen LogP contribution >= 0.6 is 0 Å². The molecule has 2 N–H and O–H groups in total. The molecule has 1 unspecified atom stereocenters. The molecule has 0 radical (unpaired) electrons. The zero-order valence-corrected chi connectivity index (χ0v) is 15.6. The molecule has 146 valence electrons. The third-order valence-electron chi connectivity index (χ3n) is 5.06. The first-order valence-corrected chi connectivity index (χ1v) is 9.36. The molecule has 1 atom stereocenters. The van der Waals surface area contributed by atoms with Crippen molar-refractivity contribution in [1.29, 1.82) is 0 Å². The number of halogens is 2. The van der Waals surface area contributed by atoms with Gasteiger partial charge in [-0.3, -0.25) is 0 Å². The molecule has 4 rings (SSSR count). The molecule has 1 saturated heterocycles. The van der Waals surface area contributed by atoms with Gasteiger partial charge in [-0.05, 0) is 31.5 Å². The number of nitrogens with zero attached hydrogens (tertiary/aromatic N) is 2. The Morgan fingerprint density at radius 2 is 1.96 bits per heavy atom. The predicted molar refractivity (Wildman–Crippen MR) is 106 cm³/mol. The van der Waals surface area contributed by atoms with Crippen molar-refractivity contribution in [3.63, 3.8) is 0 Å². The zero-order chi connectivity index (χ0) is 19.5. The van der Waals surface area contributed by atoms with E-state index < -0.39 is 6.43 Å². The summed E-state index contributed by atoms with van der Waals surface area (Å²) in [5.41, 5.74) is 1.17. The number of benzene rings is 2. The summed E-state index contributed by atoms with van der Waals surface area (Å²) in [7, 11) is 1.47. The van der Waals surface area contributed by atoms with Gasteiger partial charge in [0.2, 0.25) is 0 Å². The van der Waals surface area contributed by atoms with Crippen molar-refractivity contribution in [1.82, 2.24) is 15.5 Å². The summed E-state index contributed by atoms with van der Waals surface area (Å²) in [6.45, 7) is 1.93. The molecule has 3 aromatic rings. The average molecular weight is 384 g/mol. The van der Waals surface area contributed by atoms with E-state index in [9.17, 15) is 8.78 Å². The van der Waals surface area contributed by atoms with Crippen molar-refractivity contribution in [3.8, 4) is 17.0 Å². The number of anilines is 1. The second-order valence-corrected chi connectivity index (χ2v) is 6.89. The molecule has 7 heteroatoms. The van der Waals surface area contributed by atoms with Crippen LogP contribution < -0.4 is 15.4 Å². The van der Waals surface area contributed by atoms with E-state index in [-0.39, 0.29) is 5.56 Å². The summed E-state index contributed by atoms with van der Waals surface area (Å²) in [5, 5.41) is 17.6. The van der Waals surface area contributed by atoms with Gasteiger partial charge < -0.3 is 15.4 Å². The lowest BCUT2D eigenvalue weighted by Gasteiger charge is -2.24. The Kier molecular flexibility index (Phi) is 5.34. The number of nitrogens with one attached hydrogen (secondary N) is 2. The lowest BCUT2D eigenvalue weighted by molar-refractivity contribution is 0.151. The van der Waals surface area contributed by atoms with Gasteiger partial charge >= 0.3 is 0 Å². The molecule has 0 spiro atoms. The molecular formula is C21H22F2N4O. The number of fused-ring (bicyclic) bond motifs is 1. The minimum absolute atomic E-state index is 0.0825. The number of piperidine rings is 1. The minimum atomic E-state index is -2.55. The van der Waals surface area contributed by atoms with Crippen LogP contribution in [0.3, 0.4) is 0 Å². The van der Waals surface area contributed by atoms with E-state index in [1.165, 1.54) is 19.2 Å². The van der Waals surface area contributed by atoms with Crippen molar-refractivity contribution >= 4 is 16.6 Å². The fraction of sp³-hybridized carbons (Fsp3) is 0.333. The number of rotatable bonds is 5. The Morgan fingerprint density at radius 3 is 2.68 bits per heavy atom. The maximum absolute atomic E-state index is 13.0. The predicted octanol–water partition coefficient (Wildman–Crippen LogP) is 4.41. The lowest BCUT2D eigenvalue weighted by atomic mass is 10.0. The van der Waals surface area contributed by atoms with Crippen LogP contribution in [0.5, 0.6) is 5.75 Å². The number of methoxy groups -OCH3 is 1. The topological polar surface area (TPSA) is 59.1 Å². The van der Waals surface area contributed by atoms with Gasteiger partial charge in [0, 0.05) is 34.5 Å². The number of alkyl halides is 2. The standard InChI is InChI=1S/C21H22F2N4O/c1-28-18-11-13(20(22)23)8-9-17(18)19-15-6-2-3-7-16(15)21(27-26-19)25-14-5-4-10-24-12-14/h2-3,6-9,11,14,20,24H,4-5,10,12H2,1H3,(H,25,27). The van der Waals surface area contributed by atoms with E-state index in [0.29, 0.717) is 23.0 Å². The molecular weight excluding hydrogens is 362 g/mol. The Balaban J connectivity index is 1.78. The molecule has 0 aliphatic carbocycles. The van der Waals surface area contributed by atoms with Crippen LogP contribution in [-0.2, 0) is 0 Å². The fourth-order valence-corrected chi connectivity index (χ4v) is 3.62. The van der Waals surface area contributed by atoms with Gasteiger partial charge in [0.15, 0.2) is 5.82 Å². The Morgan fingerprint density at radius 1 is 1.14 bits per heavy atom. The second kappa shape index (κ2) is 8.06. The molecule has 2 aromatic carbocycles. The van der Waals surface area contributed by atoms with Crippen LogP contribution in [0.15, 0.2) is 42.5 Å². The molecule has 0 bridgehead atoms. The molecule has 5 nitrogen and oxygen atoms in total. The number of ether oxygens (including phenoxy) is 1. The Hall–Kier alpha value is -2.80. The summed E-state index contributed by atoms with van der Waals surface area (Å²) < 4.78 is 31.5. The number of hydrogen-bond donors (Lipinski definition) is 2. The molecule has 1 aliphatic rings. The van der Waals surface area contributed by atoms with Gasteiger partial charge in [-0.1, -0.05) is 30.3 Å². The zero-order valence-electron chi connectivity index (χ0n) is 15.6. The van der Waals surface area contributed by atoms with Gasteiger partial charge in [0.1, 0.15) is 11.4 Å². The molecule has 0 amide bonds. The van der Waals surface area contributed by atoms with Crippen LogP contribution in [0.4, 0.5) is 14.6 Å². The largest absolute Gasteiger partial charge is 0.496 e. The molecule has 2 heterocycles. The number of hydrogen-bond acceptors (Lipinski definition) is 5. The first kappa shape index (κ1) is 18.6. The van der Waals surface area contributed by atoms with Gasteiger partial charge in [-0.2, -0.15) is 0 Å². The quantitative estimate of drug-likeness (QED) is 0.683. The molecule has 0 saturated carbocycles. The summed E-state index contributed by atoms with van der Waals surface area (Å²) >= 11 is 0. The normalized spacial score (nSPS) is 17.1. The molecule has 1 aromatic heterocycles. The average Bonchev–Trinajstić information content (AvgIpc) is 2.74. The molecule has 1 aliphatic heterocycles. The summed E-state index contributed by atoms with van der Waals surface area (Å²) in [6, 6.07) is 12.5. The van der Waals surface area contributed by atoms with Crippen molar-refractivity contribution in [2.24, 2.45) is 0 Å². The van der Waals surface area contributed by atoms with E-state index >= 15 is 0 Å². The van der Waals surface area contributed by atoms with E-state index in [1.807, 2.05) is 24.3 Å². The van der Waals surface area contributed by atoms with Gasteiger partial charge in [0.25, 0.3) is 6.43 Å². The Labute approximate surface area is 162 Å². The first-order chi connectivity index (χ1) is 13.7. The van der Waals surface area contributed by atoms with Crippen LogP contribution in [0.25, 0.3) is 22.0 Å². The van der Waals surface area contributed by atoms with Crippen molar-refractivity contribution in [2.45, 2.75) is 25.3 Å². The van der Waals surface area contributed by atoms with Gasteiger partial charge in [-0.15, -0.1) is 10.2 Å². The highest BCUT2D eigenvalue weighted by Gasteiger charge is 2.19. The maximum Gasteiger partial charge on any atom is 0.263 e. The minimum Gasteiger partial charge on any atom is -0.496 e. The van der Waals surface area contributed by atoms with E-state index in [2.05, 4.69) is 20.8 Å².